The number of imidazole rings is 1. The van der Waals surface area contributed by atoms with Crippen LogP contribution in [0.15, 0.2) is 48.9 Å². The number of aromatic amines is 1. The van der Waals surface area contributed by atoms with Gasteiger partial charge < -0.3 is 9.88 Å². The van der Waals surface area contributed by atoms with Crippen molar-refractivity contribution in [2.45, 2.75) is 13.1 Å². The van der Waals surface area contributed by atoms with Gasteiger partial charge in [-0.2, -0.15) is 5.10 Å². The highest BCUT2D eigenvalue weighted by Gasteiger charge is 2.19. The Kier molecular flexibility index (Phi) is 4.67. The molecule has 5 aromatic rings. The van der Waals surface area contributed by atoms with Crippen LogP contribution in [0.5, 0.6) is 0 Å². The molecule has 0 saturated carbocycles. The lowest BCUT2D eigenvalue weighted by atomic mass is 10.0. The molecule has 6 rings (SSSR count). The summed E-state index contributed by atoms with van der Waals surface area (Å²) in [5.74, 6) is -0.576. The number of aromatic nitrogens is 6. The Hall–Kier alpha value is -3.69. The SMILES string of the molecule is Fc1cc(F)c(-c2[nH]ncc2-c2ccc3ncc(-c4cnc5n4CCNC5)cc3n2)cc1Cl. The molecule has 4 aromatic heterocycles. The first-order valence-electron chi connectivity index (χ1n) is 10.3. The molecule has 33 heavy (non-hydrogen) atoms. The van der Waals surface area contributed by atoms with Crippen molar-refractivity contribution < 1.29 is 8.78 Å². The maximum atomic E-state index is 14.5. The summed E-state index contributed by atoms with van der Waals surface area (Å²) < 4.78 is 30.3. The van der Waals surface area contributed by atoms with E-state index >= 15 is 0 Å². The Bertz CT molecular complexity index is 1530. The van der Waals surface area contributed by atoms with Crippen LogP contribution < -0.4 is 5.32 Å². The van der Waals surface area contributed by atoms with Crippen LogP contribution in [0, 0.1) is 11.6 Å². The van der Waals surface area contributed by atoms with Crippen LogP contribution >= 0.6 is 11.6 Å². The molecule has 1 aromatic carbocycles. The summed E-state index contributed by atoms with van der Waals surface area (Å²) in [6.45, 7) is 2.45. The van der Waals surface area contributed by atoms with E-state index in [2.05, 4.69) is 30.0 Å². The van der Waals surface area contributed by atoms with Gasteiger partial charge in [0.15, 0.2) is 0 Å². The predicted molar refractivity (Wildman–Crippen MR) is 120 cm³/mol. The molecule has 0 unspecified atom stereocenters. The van der Waals surface area contributed by atoms with E-state index < -0.39 is 11.6 Å². The molecule has 0 fully saturated rings. The van der Waals surface area contributed by atoms with Gasteiger partial charge in [0.25, 0.3) is 0 Å². The largest absolute Gasteiger partial charge is 0.326 e. The van der Waals surface area contributed by atoms with Gasteiger partial charge in [0.1, 0.15) is 17.5 Å². The number of halogens is 3. The molecule has 1 aliphatic heterocycles. The van der Waals surface area contributed by atoms with Crippen molar-refractivity contribution in [1.29, 1.82) is 0 Å². The first-order chi connectivity index (χ1) is 16.1. The molecule has 0 saturated heterocycles. The number of benzene rings is 1. The van der Waals surface area contributed by atoms with Crippen LogP contribution in [0.1, 0.15) is 5.82 Å². The molecule has 0 aliphatic carbocycles. The summed E-state index contributed by atoms with van der Waals surface area (Å²) >= 11 is 5.89. The standard InChI is InChI=1S/C23H16ClF2N7/c24-15-6-13(16(25)7-17(15)26)23-14(9-30-32-23)18-1-2-19-20(31-18)5-12(8-28-19)21-10-29-22-11-27-3-4-33(21)22/h1-2,5-10,27H,3-4,11H2,(H,30,32). The number of hydrogen-bond donors (Lipinski definition) is 2. The van der Waals surface area contributed by atoms with Crippen LogP contribution in [0.25, 0.3) is 44.8 Å². The predicted octanol–water partition coefficient (Wildman–Crippen LogP) is 4.59. The fourth-order valence-electron chi connectivity index (χ4n) is 4.12. The van der Waals surface area contributed by atoms with E-state index in [4.69, 9.17) is 16.6 Å². The van der Waals surface area contributed by atoms with E-state index in [1.807, 2.05) is 24.5 Å². The van der Waals surface area contributed by atoms with Crippen molar-refractivity contribution in [1.82, 2.24) is 35.0 Å². The lowest BCUT2D eigenvalue weighted by Gasteiger charge is -2.17. The first-order valence-corrected chi connectivity index (χ1v) is 10.7. The number of nitrogens with zero attached hydrogens (tertiary/aromatic N) is 5. The third kappa shape index (κ3) is 3.37. The zero-order valence-corrected chi connectivity index (χ0v) is 17.9. The minimum absolute atomic E-state index is 0.113. The summed E-state index contributed by atoms with van der Waals surface area (Å²) in [6, 6.07) is 7.60. The van der Waals surface area contributed by atoms with E-state index in [0.717, 1.165) is 48.3 Å². The quantitative estimate of drug-likeness (QED) is 0.382. The molecule has 0 atom stereocenters. The molecule has 7 nitrogen and oxygen atoms in total. The Balaban J connectivity index is 1.45. The zero-order chi connectivity index (χ0) is 22.5. The molecule has 10 heteroatoms. The Morgan fingerprint density at radius 2 is 1.85 bits per heavy atom. The van der Waals surface area contributed by atoms with Crippen molar-refractivity contribution in [2.75, 3.05) is 6.54 Å². The molecule has 164 valence electrons. The van der Waals surface area contributed by atoms with Gasteiger partial charge in [0, 0.05) is 42.0 Å². The number of H-pyrrole nitrogens is 1. The fraction of sp³-hybridized carbons (Fsp3) is 0.130. The second-order valence-corrected chi connectivity index (χ2v) is 8.16. The Labute approximate surface area is 191 Å². The maximum absolute atomic E-state index is 14.5. The van der Waals surface area contributed by atoms with Crippen LogP contribution in [0.4, 0.5) is 8.78 Å². The molecule has 1 aliphatic rings. The first kappa shape index (κ1) is 20.0. The molecular formula is C23H16ClF2N7. The number of nitrogens with one attached hydrogen (secondary N) is 2. The van der Waals surface area contributed by atoms with Gasteiger partial charge in [0.2, 0.25) is 0 Å². The van der Waals surface area contributed by atoms with Crippen molar-refractivity contribution >= 4 is 22.6 Å². The van der Waals surface area contributed by atoms with Crippen molar-refractivity contribution in [3.8, 4) is 33.8 Å². The third-order valence-corrected chi connectivity index (χ3v) is 6.05. The second kappa shape index (κ2) is 7.72. The molecule has 0 bridgehead atoms. The number of fused-ring (bicyclic) bond motifs is 2. The topological polar surface area (TPSA) is 84.3 Å². The highest BCUT2D eigenvalue weighted by Crippen LogP contribution is 2.34. The van der Waals surface area contributed by atoms with Gasteiger partial charge in [-0.15, -0.1) is 0 Å². The molecule has 2 N–H and O–H groups in total. The third-order valence-electron chi connectivity index (χ3n) is 5.76. The maximum Gasteiger partial charge on any atom is 0.144 e. The van der Waals surface area contributed by atoms with E-state index in [0.29, 0.717) is 22.5 Å². The summed E-state index contributed by atoms with van der Waals surface area (Å²) in [5.41, 5.74) is 4.92. The molecule has 0 spiro atoms. The van der Waals surface area contributed by atoms with Gasteiger partial charge in [-0.25, -0.2) is 18.7 Å². The molecule has 0 amide bonds. The van der Waals surface area contributed by atoms with Gasteiger partial charge in [0.05, 0.1) is 52.1 Å². The summed E-state index contributed by atoms with van der Waals surface area (Å²) in [7, 11) is 0. The Morgan fingerprint density at radius 3 is 2.76 bits per heavy atom. The highest BCUT2D eigenvalue weighted by atomic mass is 35.5. The monoisotopic (exact) mass is 463 g/mol. The highest BCUT2D eigenvalue weighted by molar-refractivity contribution is 6.31. The van der Waals surface area contributed by atoms with Crippen LogP contribution in [0.3, 0.4) is 0 Å². The zero-order valence-electron chi connectivity index (χ0n) is 17.1. The Morgan fingerprint density at radius 1 is 0.939 bits per heavy atom. The average Bonchev–Trinajstić information content (AvgIpc) is 3.48. The van der Waals surface area contributed by atoms with Crippen molar-refractivity contribution in [3.05, 3.63) is 71.4 Å². The number of rotatable bonds is 3. The van der Waals surface area contributed by atoms with Crippen molar-refractivity contribution in [3.63, 3.8) is 0 Å². The van der Waals surface area contributed by atoms with Crippen LogP contribution in [0.2, 0.25) is 5.02 Å². The normalized spacial score (nSPS) is 13.4. The lowest BCUT2D eigenvalue weighted by molar-refractivity contribution is 0.508. The van der Waals surface area contributed by atoms with Gasteiger partial charge in [-0.3, -0.25) is 10.1 Å². The van der Waals surface area contributed by atoms with E-state index in [-0.39, 0.29) is 10.6 Å². The van der Waals surface area contributed by atoms with Gasteiger partial charge >= 0.3 is 0 Å². The van der Waals surface area contributed by atoms with E-state index in [9.17, 15) is 8.78 Å². The van der Waals surface area contributed by atoms with Crippen LogP contribution in [-0.4, -0.2) is 36.3 Å². The number of pyridine rings is 2. The van der Waals surface area contributed by atoms with E-state index in [1.54, 1.807) is 12.3 Å². The summed E-state index contributed by atoms with van der Waals surface area (Å²) in [4.78, 5) is 13.8. The summed E-state index contributed by atoms with van der Waals surface area (Å²) in [6.07, 6.45) is 5.22. The average molecular weight is 464 g/mol. The fourth-order valence-corrected chi connectivity index (χ4v) is 4.29. The van der Waals surface area contributed by atoms with Gasteiger partial charge in [-0.05, 0) is 24.3 Å². The lowest BCUT2D eigenvalue weighted by Crippen LogP contribution is -2.28. The molecule has 5 heterocycles. The molecule has 0 radical (unpaired) electrons. The number of hydrogen-bond acceptors (Lipinski definition) is 5. The van der Waals surface area contributed by atoms with E-state index in [1.165, 1.54) is 6.07 Å². The smallest absolute Gasteiger partial charge is 0.144 e. The minimum atomic E-state index is -0.820. The minimum Gasteiger partial charge on any atom is -0.326 e. The summed E-state index contributed by atoms with van der Waals surface area (Å²) in [5, 5.41) is 9.97. The molecular weight excluding hydrogens is 448 g/mol. The van der Waals surface area contributed by atoms with Crippen LogP contribution in [-0.2, 0) is 13.1 Å². The van der Waals surface area contributed by atoms with Crippen molar-refractivity contribution in [2.24, 2.45) is 0 Å². The van der Waals surface area contributed by atoms with Gasteiger partial charge in [-0.1, -0.05) is 11.6 Å². The second-order valence-electron chi connectivity index (χ2n) is 7.75.